The largest absolute Gasteiger partial charge is 0.281 e. The van der Waals surface area contributed by atoms with Crippen molar-refractivity contribution in [1.82, 2.24) is 0 Å². The molecule has 0 aliphatic heterocycles. The molecule has 0 aromatic heterocycles. The molecule has 28 heavy (non-hydrogen) atoms. The number of hydrogen-bond acceptors (Lipinski definition) is 6. The zero-order valence-corrected chi connectivity index (χ0v) is 18.2. The van der Waals surface area contributed by atoms with Crippen molar-refractivity contribution in [3.8, 4) is 0 Å². The van der Waals surface area contributed by atoms with Gasteiger partial charge in [0.25, 0.3) is 0 Å². The van der Waals surface area contributed by atoms with Crippen LogP contribution in [0.25, 0.3) is 0 Å². The number of carbonyl (C=O) groups is 2. The van der Waals surface area contributed by atoms with Gasteiger partial charge in [-0.3, -0.25) is 9.59 Å². The van der Waals surface area contributed by atoms with E-state index in [1.54, 1.807) is 24.3 Å². The van der Waals surface area contributed by atoms with E-state index in [-0.39, 0.29) is 10.2 Å². The van der Waals surface area contributed by atoms with E-state index in [0.717, 1.165) is 11.5 Å². The molecule has 0 aliphatic carbocycles. The lowest BCUT2D eigenvalue weighted by Crippen LogP contribution is -1.95. The van der Waals surface area contributed by atoms with Gasteiger partial charge in [0.15, 0.2) is 0 Å². The van der Waals surface area contributed by atoms with Crippen molar-refractivity contribution in [3.05, 3.63) is 107 Å². The van der Waals surface area contributed by atoms with Crippen LogP contribution in [-0.2, 0) is 11.5 Å². The highest BCUT2D eigenvalue weighted by molar-refractivity contribution is 8.82. The first-order valence-corrected chi connectivity index (χ1v) is 13.2. The third-order valence-corrected chi connectivity index (χ3v) is 8.00. The molecule has 0 spiro atoms. The number of rotatable bonds is 8. The van der Waals surface area contributed by atoms with Gasteiger partial charge in [-0.1, -0.05) is 82.3 Å². The van der Waals surface area contributed by atoms with Gasteiger partial charge in [-0.2, -0.15) is 0 Å². The Morgan fingerprint density at radius 1 is 0.536 bits per heavy atom. The quantitative estimate of drug-likeness (QED) is 0.345. The maximum atomic E-state index is 12.3. The molecule has 2 nitrogen and oxygen atoms in total. The Morgan fingerprint density at radius 3 is 1.25 bits per heavy atom. The molecule has 0 saturated carbocycles. The zero-order valence-electron chi connectivity index (χ0n) is 14.9. The van der Waals surface area contributed by atoms with Crippen molar-refractivity contribution in [2.75, 3.05) is 0 Å². The summed E-state index contributed by atoms with van der Waals surface area (Å²) in [6.07, 6.45) is 0. The molecule has 0 amide bonds. The zero-order chi connectivity index (χ0) is 19.6. The Balaban J connectivity index is 1.44. The van der Waals surface area contributed by atoms with Crippen LogP contribution in [0.4, 0.5) is 0 Å². The molecule has 0 aliphatic rings. The van der Waals surface area contributed by atoms with Crippen LogP contribution in [0, 0.1) is 0 Å². The monoisotopic (exact) mass is 442 g/mol. The van der Waals surface area contributed by atoms with Crippen molar-refractivity contribution < 1.29 is 9.59 Å². The van der Waals surface area contributed by atoms with Gasteiger partial charge < -0.3 is 0 Å². The molecule has 0 unspecified atom stereocenters. The van der Waals surface area contributed by atoms with Crippen molar-refractivity contribution in [2.45, 2.75) is 11.5 Å². The van der Waals surface area contributed by atoms with Crippen LogP contribution in [-0.4, -0.2) is 10.2 Å². The molecule has 0 radical (unpaired) electrons. The second-order valence-electron chi connectivity index (χ2n) is 5.81. The lowest BCUT2D eigenvalue weighted by atomic mass is 10.2. The number of carbonyl (C=O) groups excluding carboxylic acids is 2. The first-order chi connectivity index (χ1) is 13.7. The van der Waals surface area contributed by atoms with Gasteiger partial charge in [-0.25, -0.2) is 0 Å². The Bertz CT molecular complexity index is 820. The number of benzene rings is 3. The summed E-state index contributed by atoms with van der Waals surface area (Å²) in [6, 6.07) is 27.0. The minimum atomic E-state index is 0.00559. The van der Waals surface area contributed by atoms with E-state index in [4.69, 9.17) is 0 Å². The summed E-state index contributed by atoms with van der Waals surface area (Å²) >= 11 is 0. The molecule has 3 rings (SSSR count). The molecule has 3 aromatic rings. The van der Waals surface area contributed by atoms with Crippen LogP contribution >= 0.6 is 43.2 Å². The molecule has 0 atom stereocenters. The van der Waals surface area contributed by atoms with E-state index >= 15 is 0 Å². The molecule has 0 fully saturated rings. The third-order valence-electron chi connectivity index (χ3n) is 3.76. The topological polar surface area (TPSA) is 34.1 Å². The van der Waals surface area contributed by atoms with E-state index in [0.29, 0.717) is 11.1 Å². The van der Waals surface area contributed by atoms with Gasteiger partial charge >= 0.3 is 0 Å². The lowest BCUT2D eigenvalue weighted by Gasteiger charge is -2.04. The molecular formula is C22H18O2S4. The van der Waals surface area contributed by atoms with Gasteiger partial charge in [0.2, 0.25) is 10.2 Å². The van der Waals surface area contributed by atoms with Crippen LogP contribution < -0.4 is 0 Å². The van der Waals surface area contributed by atoms with Crippen LogP contribution in [0.15, 0.2) is 84.9 Å². The molecule has 6 heteroatoms. The Morgan fingerprint density at radius 2 is 0.893 bits per heavy atom. The Labute approximate surface area is 181 Å². The van der Waals surface area contributed by atoms with Crippen molar-refractivity contribution in [2.24, 2.45) is 0 Å². The highest BCUT2D eigenvalue weighted by atomic mass is 33.1. The predicted octanol–water partition coefficient (Wildman–Crippen LogP) is 7.13. The van der Waals surface area contributed by atoms with Gasteiger partial charge in [0.05, 0.1) is 0 Å². The van der Waals surface area contributed by atoms with E-state index in [1.165, 1.54) is 54.3 Å². The lowest BCUT2D eigenvalue weighted by molar-refractivity contribution is 0.108. The van der Waals surface area contributed by atoms with Crippen molar-refractivity contribution in [1.29, 1.82) is 0 Å². The summed E-state index contributed by atoms with van der Waals surface area (Å²) in [5, 5.41) is 0.0112. The van der Waals surface area contributed by atoms with Gasteiger partial charge in [-0.05, 0) is 57.0 Å². The van der Waals surface area contributed by atoms with Gasteiger partial charge in [0, 0.05) is 22.6 Å². The second-order valence-corrected chi connectivity index (χ2v) is 10.4. The maximum absolute atomic E-state index is 12.3. The summed E-state index contributed by atoms with van der Waals surface area (Å²) in [4.78, 5) is 24.6. The molecule has 0 saturated heterocycles. The Hall–Kier alpha value is -1.60. The fourth-order valence-corrected chi connectivity index (χ4v) is 6.13. The average molecular weight is 443 g/mol. The minimum absolute atomic E-state index is 0.00559. The molecule has 0 heterocycles. The fourth-order valence-electron chi connectivity index (χ4n) is 2.29. The van der Waals surface area contributed by atoms with Gasteiger partial charge in [0.1, 0.15) is 0 Å². The third kappa shape index (κ3) is 6.78. The highest BCUT2D eigenvalue weighted by Crippen LogP contribution is 2.31. The second kappa shape index (κ2) is 11.4. The van der Waals surface area contributed by atoms with Crippen LogP contribution in [0.1, 0.15) is 31.8 Å². The molecule has 3 aromatic carbocycles. The van der Waals surface area contributed by atoms with Crippen LogP contribution in [0.5, 0.6) is 0 Å². The molecular weight excluding hydrogens is 425 g/mol. The SMILES string of the molecule is O=C(SSCc1ccccc1)c1ccc(C(=O)SSCc2ccccc2)cc1. The normalized spacial score (nSPS) is 10.6. The van der Waals surface area contributed by atoms with Crippen molar-refractivity contribution >= 4 is 53.4 Å². The van der Waals surface area contributed by atoms with E-state index in [2.05, 4.69) is 0 Å². The smallest absolute Gasteiger partial charge is 0.229 e. The summed E-state index contributed by atoms with van der Waals surface area (Å²) in [6.45, 7) is 0. The summed E-state index contributed by atoms with van der Waals surface area (Å²) in [7, 11) is 5.51. The van der Waals surface area contributed by atoms with Gasteiger partial charge in [-0.15, -0.1) is 0 Å². The highest BCUT2D eigenvalue weighted by Gasteiger charge is 2.11. The van der Waals surface area contributed by atoms with E-state index in [1.807, 2.05) is 60.7 Å². The summed E-state index contributed by atoms with van der Waals surface area (Å²) < 4.78 is 0. The maximum Gasteiger partial charge on any atom is 0.229 e. The number of hydrogen-bond donors (Lipinski definition) is 0. The standard InChI is InChI=1S/C22H18O2S4/c23-21(27-25-15-17-7-3-1-4-8-17)19-11-13-20(14-12-19)22(24)28-26-16-18-9-5-2-6-10-18/h1-14H,15-16H2. The van der Waals surface area contributed by atoms with E-state index in [9.17, 15) is 9.59 Å². The fraction of sp³-hybridized carbons (Fsp3) is 0.0909. The molecule has 142 valence electrons. The van der Waals surface area contributed by atoms with E-state index < -0.39 is 0 Å². The molecule has 0 N–H and O–H groups in total. The first-order valence-electron chi connectivity index (χ1n) is 8.58. The molecule has 0 bridgehead atoms. The predicted molar refractivity (Wildman–Crippen MR) is 126 cm³/mol. The summed E-state index contributed by atoms with van der Waals surface area (Å²) in [5.74, 6) is 1.56. The van der Waals surface area contributed by atoms with Crippen molar-refractivity contribution in [3.63, 3.8) is 0 Å². The average Bonchev–Trinajstić information content (AvgIpc) is 2.75. The van der Waals surface area contributed by atoms with Crippen LogP contribution in [0.3, 0.4) is 0 Å². The minimum Gasteiger partial charge on any atom is -0.281 e. The first kappa shape index (κ1) is 21.1. The summed E-state index contributed by atoms with van der Waals surface area (Å²) in [5.41, 5.74) is 3.62. The van der Waals surface area contributed by atoms with Crippen LogP contribution in [0.2, 0.25) is 0 Å². The Kier molecular flexibility index (Phi) is 8.61.